The number of rotatable bonds is 2. The van der Waals surface area contributed by atoms with Gasteiger partial charge in [-0.25, -0.2) is 4.39 Å². The molecule has 0 N–H and O–H groups in total. The maximum atomic E-state index is 12.5. The van der Waals surface area contributed by atoms with Gasteiger partial charge < -0.3 is 9.47 Å². The number of ether oxygens (including phenoxy) is 2. The molecule has 1 heterocycles. The number of halogens is 2. The molecular weight excluding hydrogens is 211 g/mol. The van der Waals surface area contributed by atoms with Crippen molar-refractivity contribution < 1.29 is 18.7 Å². The molecule has 2 rings (SSSR count). The molecular formula is C9H6ClFO3. The molecule has 0 saturated carbocycles. The van der Waals surface area contributed by atoms with Crippen LogP contribution in [-0.4, -0.2) is 18.2 Å². The van der Waals surface area contributed by atoms with E-state index in [9.17, 15) is 9.18 Å². The van der Waals surface area contributed by atoms with Crippen molar-refractivity contribution in [2.45, 2.75) is 5.63 Å². The molecule has 1 aliphatic rings. The fourth-order valence-corrected chi connectivity index (χ4v) is 1.30. The van der Waals surface area contributed by atoms with Crippen molar-refractivity contribution in [1.82, 2.24) is 0 Å². The topological polar surface area (TPSA) is 35.5 Å². The zero-order chi connectivity index (χ0) is 10.1. The first-order valence-corrected chi connectivity index (χ1v) is 4.34. The summed E-state index contributed by atoms with van der Waals surface area (Å²) in [5.41, 5.74) is -1.84. The Bertz CT molecular complexity index is 378. The maximum absolute atomic E-state index is 12.5. The molecule has 0 spiro atoms. The van der Waals surface area contributed by atoms with Gasteiger partial charge in [-0.2, -0.15) is 0 Å². The first-order valence-electron chi connectivity index (χ1n) is 3.90. The molecule has 0 aliphatic carbocycles. The number of fused-ring (bicyclic) bond motifs is 1. The number of ketones is 1. The molecule has 14 heavy (non-hydrogen) atoms. The van der Waals surface area contributed by atoms with E-state index < -0.39 is 11.4 Å². The number of alkyl halides is 2. The molecule has 1 unspecified atom stereocenters. The van der Waals surface area contributed by atoms with Gasteiger partial charge in [-0.05, 0) is 18.2 Å². The SMILES string of the molecule is O=C(c1ccc2c(c1)OCO2)C(F)Cl. The minimum Gasteiger partial charge on any atom is -0.454 e. The highest BCUT2D eigenvalue weighted by Crippen LogP contribution is 2.33. The van der Waals surface area contributed by atoms with E-state index in [2.05, 4.69) is 0 Å². The molecule has 1 aromatic rings. The van der Waals surface area contributed by atoms with Gasteiger partial charge in [0, 0.05) is 5.56 Å². The Morgan fingerprint density at radius 3 is 2.86 bits per heavy atom. The Balaban J connectivity index is 2.33. The summed E-state index contributed by atoms with van der Waals surface area (Å²) in [6.45, 7) is 0.118. The second-order valence-corrected chi connectivity index (χ2v) is 3.12. The van der Waals surface area contributed by atoms with Crippen LogP contribution < -0.4 is 9.47 Å². The lowest BCUT2D eigenvalue weighted by molar-refractivity contribution is 0.0934. The highest BCUT2D eigenvalue weighted by molar-refractivity contribution is 6.32. The van der Waals surface area contributed by atoms with E-state index in [1.807, 2.05) is 0 Å². The standard InChI is InChI=1S/C9H6ClFO3/c10-9(11)8(12)5-1-2-6-7(3-5)14-4-13-6/h1-3,9H,4H2. The smallest absolute Gasteiger partial charge is 0.235 e. The minimum absolute atomic E-state index is 0.118. The second-order valence-electron chi connectivity index (χ2n) is 2.73. The minimum atomic E-state index is -2.02. The molecule has 3 nitrogen and oxygen atoms in total. The molecule has 0 fully saturated rings. The third-order valence-corrected chi connectivity index (χ3v) is 2.05. The van der Waals surface area contributed by atoms with Gasteiger partial charge in [0.25, 0.3) is 0 Å². The van der Waals surface area contributed by atoms with Crippen LogP contribution in [0.5, 0.6) is 11.5 Å². The Hall–Kier alpha value is -1.29. The van der Waals surface area contributed by atoms with Crippen LogP contribution in [0.15, 0.2) is 18.2 Å². The summed E-state index contributed by atoms with van der Waals surface area (Å²) in [7, 11) is 0. The van der Waals surface area contributed by atoms with E-state index in [0.29, 0.717) is 11.5 Å². The lowest BCUT2D eigenvalue weighted by atomic mass is 10.1. The third-order valence-electron chi connectivity index (χ3n) is 1.86. The fourth-order valence-electron chi connectivity index (χ4n) is 1.18. The lowest BCUT2D eigenvalue weighted by Gasteiger charge is -2.01. The van der Waals surface area contributed by atoms with Crippen molar-refractivity contribution in [1.29, 1.82) is 0 Å². The van der Waals surface area contributed by atoms with Crippen molar-refractivity contribution in [3.05, 3.63) is 23.8 Å². The maximum Gasteiger partial charge on any atom is 0.235 e. The van der Waals surface area contributed by atoms with E-state index in [1.54, 1.807) is 6.07 Å². The van der Waals surface area contributed by atoms with Crippen LogP contribution in [0.25, 0.3) is 0 Å². The highest BCUT2D eigenvalue weighted by atomic mass is 35.5. The van der Waals surface area contributed by atoms with Crippen molar-refractivity contribution in [3.63, 3.8) is 0 Å². The summed E-state index contributed by atoms with van der Waals surface area (Å²) >= 11 is 5.03. The Morgan fingerprint density at radius 1 is 1.43 bits per heavy atom. The monoisotopic (exact) mass is 216 g/mol. The first kappa shape index (κ1) is 9.27. The summed E-state index contributed by atoms with van der Waals surface area (Å²) in [5.74, 6) is 0.213. The van der Waals surface area contributed by atoms with E-state index in [0.717, 1.165) is 0 Å². The van der Waals surface area contributed by atoms with Gasteiger partial charge in [-0.1, -0.05) is 11.6 Å². The highest BCUT2D eigenvalue weighted by Gasteiger charge is 2.20. The number of carbonyl (C=O) groups excluding carboxylic acids is 1. The third kappa shape index (κ3) is 1.53. The number of hydrogen-bond donors (Lipinski definition) is 0. The summed E-state index contributed by atoms with van der Waals surface area (Å²) in [6.07, 6.45) is 0. The molecule has 0 bridgehead atoms. The average molecular weight is 217 g/mol. The normalized spacial score (nSPS) is 15.3. The first-order chi connectivity index (χ1) is 6.68. The lowest BCUT2D eigenvalue weighted by Crippen LogP contribution is -2.08. The molecule has 1 aliphatic heterocycles. The zero-order valence-electron chi connectivity index (χ0n) is 7.00. The number of Topliss-reactive ketones (excluding diaryl/α,β-unsaturated/α-hetero) is 1. The van der Waals surface area contributed by atoms with Crippen molar-refractivity contribution >= 4 is 17.4 Å². The van der Waals surface area contributed by atoms with Gasteiger partial charge >= 0.3 is 0 Å². The molecule has 74 valence electrons. The van der Waals surface area contributed by atoms with Gasteiger partial charge in [-0.15, -0.1) is 0 Å². The Labute approximate surface area is 84.4 Å². The van der Waals surface area contributed by atoms with Crippen molar-refractivity contribution in [2.75, 3.05) is 6.79 Å². The van der Waals surface area contributed by atoms with Crippen LogP contribution in [0.2, 0.25) is 0 Å². The van der Waals surface area contributed by atoms with E-state index in [-0.39, 0.29) is 12.4 Å². The van der Waals surface area contributed by atoms with Gasteiger partial charge in [0.15, 0.2) is 11.5 Å². The van der Waals surface area contributed by atoms with Crippen LogP contribution in [0.4, 0.5) is 4.39 Å². The number of benzene rings is 1. The predicted molar refractivity (Wildman–Crippen MR) is 47.6 cm³/mol. The molecule has 0 radical (unpaired) electrons. The van der Waals surface area contributed by atoms with Crippen molar-refractivity contribution in [3.8, 4) is 11.5 Å². The zero-order valence-corrected chi connectivity index (χ0v) is 7.75. The molecule has 0 amide bonds. The van der Waals surface area contributed by atoms with Crippen LogP contribution in [0, 0.1) is 0 Å². The number of hydrogen-bond acceptors (Lipinski definition) is 3. The van der Waals surface area contributed by atoms with E-state index in [1.165, 1.54) is 12.1 Å². The van der Waals surface area contributed by atoms with Crippen LogP contribution in [0.3, 0.4) is 0 Å². The summed E-state index contributed by atoms with van der Waals surface area (Å²) < 4.78 is 22.5. The molecule has 0 saturated heterocycles. The van der Waals surface area contributed by atoms with Crippen LogP contribution >= 0.6 is 11.6 Å². The van der Waals surface area contributed by atoms with Crippen LogP contribution in [-0.2, 0) is 0 Å². The van der Waals surface area contributed by atoms with Gasteiger partial charge in [0.1, 0.15) is 0 Å². The predicted octanol–water partition coefficient (Wildman–Crippen LogP) is 2.13. The van der Waals surface area contributed by atoms with E-state index in [4.69, 9.17) is 21.1 Å². The molecule has 1 aromatic carbocycles. The molecule has 1 atom stereocenters. The summed E-state index contributed by atoms with van der Waals surface area (Å²) in [4.78, 5) is 11.1. The van der Waals surface area contributed by atoms with Crippen molar-refractivity contribution in [2.24, 2.45) is 0 Å². The average Bonchev–Trinajstić information content (AvgIpc) is 2.62. The van der Waals surface area contributed by atoms with Crippen LogP contribution in [0.1, 0.15) is 10.4 Å². The number of carbonyl (C=O) groups is 1. The fraction of sp³-hybridized carbons (Fsp3) is 0.222. The molecule has 5 heteroatoms. The van der Waals surface area contributed by atoms with E-state index >= 15 is 0 Å². The summed E-state index contributed by atoms with van der Waals surface area (Å²) in [5, 5.41) is 0. The quantitative estimate of drug-likeness (QED) is 0.561. The van der Waals surface area contributed by atoms with Gasteiger partial charge in [-0.3, -0.25) is 4.79 Å². The second kappa shape index (κ2) is 3.46. The molecule has 0 aromatic heterocycles. The van der Waals surface area contributed by atoms with Gasteiger partial charge in [0.2, 0.25) is 18.2 Å². The summed E-state index contributed by atoms with van der Waals surface area (Å²) in [6, 6.07) is 4.42. The Morgan fingerprint density at radius 2 is 2.14 bits per heavy atom. The largest absolute Gasteiger partial charge is 0.454 e. The Kier molecular flexibility index (Phi) is 2.29. The van der Waals surface area contributed by atoms with Gasteiger partial charge in [0.05, 0.1) is 0 Å².